The van der Waals surface area contributed by atoms with E-state index in [-0.39, 0.29) is 6.61 Å². The highest BCUT2D eigenvalue weighted by atomic mass is 16.8. The minimum absolute atomic E-state index is 0.0316. The number of hydrogen-bond donors (Lipinski definition) is 1. The fourth-order valence-corrected chi connectivity index (χ4v) is 5.15. The largest absolute Gasteiger partial charge is 0.463 e. The van der Waals surface area contributed by atoms with Crippen molar-refractivity contribution in [2.75, 3.05) is 13.2 Å². The first-order valence-corrected chi connectivity index (χ1v) is 13.6. The second-order valence-electron chi connectivity index (χ2n) is 10.1. The van der Waals surface area contributed by atoms with Gasteiger partial charge in [0, 0.05) is 38.2 Å². The molecule has 1 aromatic carbocycles. The van der Waals surface area contributed by atoms with Crippen LogP contribution in [0, 0.1) is 0 Å². The maximum absolute atomic E-state index is 12.2. The average molecular weight is 624 g/mol. The Balaban J connectivity index is 1.67. The van der Waals surface area contributed by atoms with Crippen molar-refractivity contribution in [1.82, 2.24) is 0 Å². The van der Waals surface area contributed by atoms with E-state index in [1.54, 1.807) is 24.3 Å². The third kappa shape index (κ3) is 8.00. The highest BCUT2D eigenvalue weighted by molar-refractivity contribution is 5.68. The average Bonchev–Trinajstić information content (AvgIpc) is 2.96. The van der Waals surface area contributed by atoms with Crippen LogP contribution in [0.25, 0.3) is 10.4 Å². The molecule has 1 aromatic rings. The Hall–Kier alpha value is -3.83. The van der Waals surface area contributed by atoms with Crippen molar-refractivity contribution in [3.05, 3.63) is 46.3 Å². The minimum Gasteiger partial charge on any atom is -0.463 e. The fraction of sp³-hybridized carbons (Fsp3) is 0.630. The molecular weight excluding hydrogens is 590 g/mol. The summed E-state index contributed by atoms with van der Waals surface area (Å²) in [4.78, 5) is 50.7. The molecule has 0 bridgehead atoms. The molecule has 1 N–H and O–H groups in total. The summed E-state index contributed by atoms with van der Waals surface area (Å²) in [5.41, 5.74) is 10.0. The lowest BCUT2D eigenvalue weighted by Gasteiger charge is -2.49. The van der Waals surface area contributed by atoms with Gasteiger partial charge in [0.25, 0.3) is 0 Å². The molecule has 0 radical (unpaired) electrons. The highest BCUT2D eigenvalue weighted by Crippen LogP contribution is 2.38. The number of carbonyl (C=O) groups excluding carboxylic acids is 4. The molecule has 0 saturated carbocycles. The molecule has 4 rings (SSSR count). The summed E-state index contributed by atoms with van der Waals surface area (Å²) in [6.45, 7) is 3.93. The Kier molecular flexibility index (Phi) is 11.1. The Morgan fingerprint density at radius 1 is 0.886 bits per heavy atom. The Morgan fingerprint density at radius 2 is 1.52 bits per heavy atom. The summed E-state index contributed by atoms with van der Waals surface area (Å²) in [7, 11) is 0. The molecule has 17 nitrogen and oxygen atoms in total. The van der Waals surface area contributed by atoms with Gasteiger partial charge in [0.15, 0.2) is 43.3 Å². The predicted molar refractivity (Wildman–Crippen MR) is 141 cm³/mol. The van der Waals surface area contributed by atoms with Gasteiger partial charge < -0.3 is 47.7 Å². The standard InChI is InChI=1S/C27H33N3O14/c1-12(31)36-10-18-20(38-13(2)32)22(39-14(3)33)19(29-30-28)27(42-18)44-24-23(40-15(4)34)21-17(41-25(24)35)11-37-26(43-21)16-8-6-5-7-9-16/h5-9,17-27,35H,10-11H2,1-4H3/t17-,18-,19-,20-,21-,22-,23+,24-,25+,26?,27-/m1/s1. The maximum Gasteiger partial charge on any atom is 0.303 e. The number of rotatable bonds is 9. The van der Waals surface area contributed by atoms with Crippen molar-refractivity contribution >= 4 is 23.9 Å². The van der Waals surface area contributed by atoms with Crippen LogP contribution < -0.4 is 0 Å². The molecule has 17 heteroatoms. The summed E-state index contributed by atoms with van der Waals surface area (Å²) in [6.07, 6.45) is -13.2. The third-order valence-electron chi connectivity index (χ3n) is 6.82. The van der Waals surface area contributed by atoms with Crippen molar-refractivity contribution in [3.63, 3.8) is 0 Å². The van der Waals surface area contributed by atoms with Gasteiger partial charge in [-0.1, -0.05) is 35.4 Å². The topological polar surface area (TPSA) is 220 Å². The first kappa shape index (κ1) is 33.1. The van der Waals surface area contributed by atoms with E-state index < -0.39 is 98.1 Å². The van der Waals surface area contributed by atoms with Gasteiger partial charge in [-0.3, -0.25) is 19.2 Å². The summed E-state index contributed by atoms with van der Waals surface area (Å²) < 4.78 is 51.0. The molecule has 11 atom stereocenters. The lowest BCUT2D eigenvalue weighted by atomic mass is 9.95. The molecular formula is C27H33N3O14. The van der Waals surface area contributed by atoms with Crippen LogP contribution in [0.1, 0.15) is 39.5 Å². The Labute approximate surface area is 251 Å². The zero-order chi connectivity index (χ0) is 32.0. The quantitative estimate of drug-likeness (QED) is 0.133. The van der Waals surface area contributed by atoms with E-state index in [0.717, 1.165) is 27.7 Å². The van der Waals surface area contributed by atoms with Crippen LogP contribution in [-0.4, -0.2) is 104 Å². The van der Waals surface area contributed by atoms with Crippen molar-refractivity contribution in [2.24, 2.45) is 5.11 Å². The van der Waals surface area contributed by atoms with Gasteiger partial charge in [-0.2, -0.15) is 0 Å². The zero-order valence-electron chi connectivity index (χ0n) is 24.2. The number of fused-ring (bicyclic) bond motifs is 1. The van der Waals surface area contributed by atoms with Gasteiger partial charge in [0.2, 0.25) is 0 Å². The summed E-state index contributed by atoms with van der Waals surface area (Å²) in [6, 6.07) is 7.42. The van der Waals surface area contributed by atoms with Gasteiger partial charge in [-0.15, -0.1) is 0 Å². The highest BCUT2D eigenvalue weighted by Gasteiger charge is 2.56. The lowest BCUT2D eigenvalue weighted by Crippen LogP contribution is -2.66. The second-order valence-corrected chi connectivity index (χ2v) is 10.1. The molecule has 3 fully saturated rings. The van der Waals surface area contributed by atoms with Gasteiger partial charge >= 0.3 is 23.9 Å². The van der Waals surface area contributed by atoms with E-state index in [9.17, 15) is 29.8 Å². The van der Waals surface area contributed by atoms with Crippen molar-refractivity contribution < 1.29 is 66.9 Å². The summed E-state index contributed by atoms with van der Waals surface area (Å²) in [5, 5.41) is 14.7. The van der Waals surface area contributed by atoms with Crippen molar-refractivity contribution in [2.45, 2.75) is 95.3 Å². The van der Waals surface area contributed by atoms with E-state index in [2.05, 4.69) is 10.0 Å². The first-order valence-electron chi connectivity index (χ1n) is 13.6. The molecule has 0 aromatic heterocycles. The first-order chi connectivity index (χ1) is 21.0. The molecule has 44 heavy (non-hydrogen) atoms. The van der Waals surface area contributed by atoms with Crippen LogP contribution in [0.3, 0.4) is 0 Å². The molecule has 240 valence electrons. The molecule has 3 saturated heterocycles. The van der Waals surface area contributed by atoms with Crippen LogP contribution in [0.5, 0.6) is 0 Å². The zero-order valence-corrected chi connectivity index (χ0v) is 24.2. The van der Waals surface area contributed by atoms with Gasteiger partial charge in [0.1, 0.15) is 31.0 Å². The number of aliphatic hydroxyl groups excluding tert-OH is 1. The smallest absolute Gasteiger partial charge is 0.303 e. The summed E-state index contributed by atoms with van der Waals surface area (Å²) >= 11 is 0. The minimum atomic E-state index is -1.75. The van der Waals surface area contributed by atoms with Crippen LogP contribution in [0.2, 0.25) is 0 Å². The van der Waals surface area contributed by atoms with Crippen LogP contribution >= 0.6 is 0 Å². The van der Waals surface area contributed by atoms with E-state index in [1.165, 1.54) is 0 Å². The Bertz CT molecular complexity index is 1240. The molecule has 0 spiro atoms. The second kappa shape index (κ2) is 14.8. The Morgan fingerprint density at radius 3 is 2.14 bits per heavy atom. The number of benzene rings is 1. The number of ether oxygens (including phenoxy) is 9. The van der Waals surface area contributed by atoms with E-state index >= 15 is 0 Å². The fourth-order valence-electron chi connectivity index (χ4n) is 5.15. The van der Waals surface area contributed by atoms with Gasteiger partial charge in [-0.05, 0) is 5.53 Å². The normalized spacial score (nSPS) is 34.8. The lowest BCUT2D eigenvalue weighted by molar-refractivity contribution is -0.381. The third-order valence-corrected chi connectivity index (χ3v) is 6.82. The summed E-state index contributed by atoms with van der Waals surface area (Å²) in [5.74, 6) is -3.07. The number of carbonyl (C=O) groups is 4. The van der Waals surface area contributed by atoms with Gasteiger partial charge in [-0.25, -0.2) is 0 Å². The number of aliphatic hydroxyl groups is 1. The molecule has 3 heterocycles. The van der Waals surface area contributed by atoms with Crippen LogP contribution in [-0.2, 0) is 61.8 Å². The van der Waals surface area contributed by atoms with E-state index in [4.69, 9.17) is 42.6 Å². The van der Waals surface area contributed by atoms with E-state index in [1.807, 2.05) is 6.07 Å². The number of hydrogen-bond acceptors (Lipinski definition) is 15. The molecule has 0 aliphatic carbocycles. The number of esters is 4. The molecule has 3 aliphatic heterocycles. The van der Waals surface area contributed by atoms with Crippen LogP contribution in [0.4, 0.5) is 0 Å². The monoisotopic (exact) mass is 623 g/mol. The predicted octanol–water partition coefficient (Wildman–Crippen LogP) is 0.965. The van der Waals surface area contributed by atoms with Crippen molar-refractivity contribution in [1.29, 1.82) is 0 Å². The maximum atomic E-state index is 12.2. The van der Waals surface area contributed by atoms with Crippen molar-refractivity contribution in [3.8, 4) is 0 Å². The molecule has 0 amide bonds. The van der Waals surface area contributed by atoms with Crippen LogP contribution in [0.15, 0.2) is 35.4 Å². The SMILES string of the molecule is CC(=O)OC[C@H]1O[C@H](O[C@@H]2[C@@H](OC(C)=O)[C@@H]3OC(c4ccccc4)OC[C@H]3O[C@@H]2O)[C@H](N=[N+]=[N-])[C@@H](OC(C)=O)[C@@H]1OC(C)=O. The van der Waals surface area contributed by atoms with E-state index in [0.29, 0.717) is 5.56 Å². The number of nitrogens with zero attached hydrogens (tertiary/aromatic N) is 3. The molecule has 3 aliphatic rings. The number of azide groups is 1. The molecule has 1 unspecified atom stereocenters. The van der Waals surface area contributed by atoms with Gasteiger partial charge in [0.05, 0.1) is 6.61 Å².